The molecular formula is C16H29ClN4O3. The van der Waals surface area contributed by atoms with Gasteiger partial charge in [0.2, 0.25) is 5.91 Å². The first-order valence-electron chi connectivity index (χ1n) is 8.61. The van der Waals surface area contributed by atoms with Crippen LogP contribution in [0.5, 0.6) is 0 Å². The van der Waals surface area contributed by atoms with E-state index in [1.165, 1.54) is 0 Å². The quantitative estimate of drug-likeness (QED) is 0.595. The van der Waals surface area contributed by atoms with E-state index in [-0.39, 0.29) is 30.3 Å². The molecule has 8 heteroatoms. The molecule has 0 aromatic carbocycles. The number of amides is 4. The molecular weight excluding hydrogens is 332 g/mol. The maximum atomic E-state index is 12.7. The number of imide groups is 1. The normalized spacial score (nSPS) is 21.4. The molecule has 1 saturated heterocycles. The molecule has 1 heterocycles. The number of nitrogens with zero attached hydrogens (tertiary/aromatic N) is 1. The summed E-state index contributed by atoms with van der Waals surface area (Å²) in [4.78, 5) is 38.4. The van der Waals surface area contributed by atoms with Crippen LogP contribution in [0.4, 0.5) is 4.79 Å². The Bertz CT molecular complexity index is 480. The second-order valence-electron chi connectivity index (χ2n) is 6.65. The summed E-state index contributed by atoms with van der Waals surface area (Å²) < 4.78 is 0. The zero-order valence-electron chi connectivity index (χ0n) is 14.5. The van der Waals surface area contributed by atoms with Gasteiger partial charge in [-0.1, -0.05) is 32.6 Å². The fourth-order valence-electron chi connectivity index (χ4n) is 3.45. The Morgan fingerprint density at radius 3 is 2.54 bits per heavy atom. The predicted molar refractivity (Wildman–Crippen MR) is 93.8 cm³/mol. The van der Waals surface area contributed by atoms with Gasteiger partial charge in [-0.25, -0.2) is 9.69 Å². The summed E-state index contributed by atoms with van der Waals surface area (Å²) in [6, 6.07) is -1.40. The van der Waals surface area contributed by atoms with Crippen molar-refractivity contribution in [3.63, 3.8) is 0 Å². The van der Waals surface area contributed by atoms with Crippen LogP contribution in [-0.2, 0) is 9.59 Å². The van der Waals surface area contributed by atoms with Gasteiger partial charge in [0, 0.05) is 12.6 Å². The maximum Gasteiger partial charge on any atom is 0.325 e. The van der Waals surface area contributed by atoms with Crippen molar-refractivity contribution in [1.82, 2.24) is 15.5 Å². The van der Waals surface area contributed by atoms with Gasteiger partial charge in [-0.05, 0) is 26.2 Å². The van der Waals surface area contributed by atoms with Crippen molar-refractivity contribution in [2.24, 2.45) is 5.73 Å². The average molecular weight is 361 g/mol. The summed E-state index contributed by atoms with van der Waals surface area (Å²) in [6.45, 7) is 4.02. The zero-order chi connectivity index (χ0) is 17.0. The molecule has 7 nitrogen and oxygen atoms in total. The molecule has 1 spiro atoms. The number of nitrogens with one attached hydrogen (secondary N) is 2. The molecule has 2 atom stereocenters. The summed E-state index contributed by atoms with van der Waals surface area (Å²) in [5.41, 5.74) is 4.91. The van der Waals surface area contributed by atoms with Crippen molar-refractivity contribution >= 4 is 30.3 Å². The Kier molecular flexibility index (Phi) is 7.48. The van der Waals surface area contributed by atoms with E-state index in [0.717, 1.165) is 37.0 Å². The lowest BCUT2D eigenvalue weighted by atomic mass is 9.97. The van der Waals surface area contributed by atoms with Crippen molar-refractivity contribution in [2.45, 2.75) is 76.4 Å². The maximum absolute atomic E-state index is 12.7. The third-order valence-electron chi connectivity index (χ3n) is 4.95. The van der Waals surface area contributed by atoms with E-state index in [1.807, 2.05) is 0 Å². The van der Waals surface area contributed by atoms with E-state index in [4.69, 9.17) is 5.73 Å². The van der Waals surface area contributed by atoms with Crippen molar-refractivity contribution in [3.8, 4) is 0 Å². The van der Waals surface area contributed by atoms with Gasteiger partial charge >= 0.3 is 6.03 Å². The highest BCUT2D eigenvalue weighted by molar-refractivity contribution is 6.09. The van der Waals surface area contributed by atoms with Crippen LogP contribution >= 0.6 is 12.4 Å². The van der Waals surface area contributed by atoms with E-state index in [0.29, 0.717) is 19.4 Å². The largest absolute Gasteiger partial charge is 0.350 e. The molecule has 0 aromatic rings. The first-order chi connectivity index (χ1) is 10.9. The van der Waals surface area contributed by atoms with Gasteiger partial charge < -0.3 is 16.4 Å². The molecule has 24 heavy (non-hydrogen) atoms. The second-order valence-corrected chi connectivity index (χ2v) is 6.65. The minimum atomic E-state index is -0.821. The first-order valence-corrected chi connectivity index (χ1v) is 8.61. The minimum absolute atomic E-state index is 0. The van der Waals surface area contributed by atoms with Crippen LogP contribution in [0.1, 0.15) is 58.8 Å². The molecule has 138 valence electrons. The van der Waals surface area contributed by atoms with Gasteiger partial charge in [-0.3, -0.25) is 9.59 Å². The van der Waals surface area contributed by atoms with E-state index in [2.05, 4.69) is 17.6 Å². The number of carbonyl (C=O) groups excluding carboxylic acids is 3. The predicted octanol–water partition coefficient (Wildman–Crippen LogP) is 1.30. The molecule has 4 amide bonds. The molecule has 2 unspecified atom stereocenters. The highest BCUT2D eigenvalue weighted by atomic mass is 35.5. The topological polar surface area (TPSA) is 105 Å². The number of rotatable bonds is 7. The van der Waals surface area contributed by atoms with Crippen LogP contribution in [0.15, 0.2) is 0 Å². The second kappa shape index (κ2) is 8.67. The number of hydrogen-bond acceptors (Lipinski definition) is 4. The van der Waals surface area contributed by atoms with Crippen LogP contribution in [-0.4, -0.2) is 46.9 Å². The fourth-order valence-corrected chi connectivity index (χ4v) is 3.45. The van der Waals surface area contributed by atoms with Gasteiger partial charge in [-0.15, -0.1) is 12.4 Å². The van der Waals surface area contributed by atoms with Crippen LogP contribution in [0.2, 0.25) is 0 Å². The Hall–Kier alpha value is -1.34. The molecule has 1 aliphatic heterocycles. The zero-order valence-corrected chi connectivity index (χ0v) is 15.3. The van der Waals surface area contributed by atoms with E-state index in [1.54, 1.807) is 6.92 Å². The molecule has 1 aliphatic carbocycles. The lowest BCUT2D eigenvalue weighted by Crippen LogP contribution is -2.52. The molecule has 0 radical (unpaired) electrons. The minimum Gasteiger partial charge on any atom is -0.350 e. The smallest absolute Gasteiger partial charge is 0.325 e. The van der Waals surface area contributed by atoms with Gasteiger partial charge in [0.15, 0.2) is 0 Å². The number of urea groups is 1. The summed E-state index contributed by atoms with van der Waals surface area (Å²) >= 11 is 0. The molecule has 2 rings (SSSR count). The number of halogens is 1. The summed E-state index contributed by atoms with van der Waals surface area (Å²) in [6.07, 6.45) is 5.96. The van der Waals surface area contributed by atoms with Crippen LogP contribution in [0, 0.1) is 0 Å². The number of nitrogens with two attached hydrogens (primary N) is 1. The van der Waals surface area contributed by atoms with E-state index >= 15 is 0 Å². The van der Waals surface area contributed by atoms with Crippen molar-refractivity contribution < 1.29 is 14.4 Å². The highest BCUT2D eigenvalue weighted by Crippen LogP contribution is 2.35. The fraction of sp³-hybridized carbons (Fsp3) is 0.812. The van der Waals surface area contributed by atoms with E-state index in [9.17, 15) is 14.4 Å². The first kappa shape index (κ1) is 20.7. The van der Waals surface area contributed by atoms with Crippen LogP contribution in [0.3, 0.4) is 0 Å². The van der Waals surface area contributed by atoms with Gasteiger partial charge in [0.1, 0.15) is 11.6 Å². The lowest BCUT2D eigenvalue weighted by Gasteiger charge is -2.25. The lowest BCUT2D eigenvalue weighted by molar-refractivity contribution is -0.138. The van der Waals surface area contributed by atoms with Gasteiger partial charge in [0.05, 0.1) is 0 Å². The number of unbranched alkanes of at least 4 members (excludes halogenated alkanes) is 1. The third-order valence-corrected chi connectivity index (χ3v) is 4.95. The average Bonchev–Trinajstić information content (AvgIpc) is 3.09. The SMILES string of the molecule is CCCCC(CN)NC(=O)C(C)N1C(=O)NC2(CCCC2)C1=O.Cl. The molecule has 4 N–H and O–H groups in total. The molecule has 2 fully saturated rings. The molecule has 0 bridgehead atoms. The van der Waals surface area contributed by atoms with E-state index < -0.39 is 17.6 Å². The molecule has 0 aromatic heterocycles. The van der Waals surface area contributed by atoms with Gasteiger partial charge in [0.25, 0.3) is 5.91 Å². The summed E-state index contributed by atoms with van der Waals surface area (Å²) in [7, 11) is 0. The Balaban J connectivity index is 0.00000288. The standard InChI is InChI=1S/C16H28N4O3.ClH/c1-3-4-7-12(10-17)18-13(21)11(2)20-14(22)16(19-15(20)23)8-5-6-9-16;/h11-12H,3-10,17H2,1-2H3,(H,18,21)(H,19,23);1H. The Labute approximate surface area is 149 Å². The number of carbonyl (C=O) groups is 3. The number of hydrogen-bond donors (Lipinski definition) is 3. The molecule has 1 saturated carbocycles. The van der Waals surface area contributed by atoms with Crippen LogP contribution in [0.25, 0.3) is 0 Å². The Morgan fingerprint density at radius 2 is 2.00 bits per heavy atom. The van der Waals surface area contributed by atoms with Crippen LogP contribution < -0.4 is 16.4 Å². The van der Waals surface area contributed by atoms with Crippen molar-refractivity contribution in [3.05, 3.63) is 0 Å². The highest BCUT2D eigenvalue weighted by Gasteiger charge is 2.54. The van der Waals surface area contributed by atoms with Crippen molar-refractivity contribution in [1.29, 1.82) is 0 Å². The van der Waals surface area contributed by atoms with Gasteiger partial charge in [-0.2, -0.15) is 0 Å². The summed E-state index contributed by atoms with van der Waals surface area (Å²) in [5, 5.41) is 5.66. The summed E-state index contributed by atoms with van der Waals surface area (Å²) in [5.74, 6) is -0.587. The third kappa shape index (κ3) is 4.00. The molecule has 2 aliphatic rings. The Morgan fingerprint density at radius 1 is 1.38 bits per heavy atom. The van der Waals surface area contributed by atoms with Crippen molar-refractivity contribution in [2.75, 3.05) is 6.54 Å². The monoisotopic (exact) mass is 360 g/mol.